The lowest BCUT2D eigenvalue weighted by Crippen LogP contribution is -2.22. The van der Waals surface area contributed by atoms with Crippen molar-refractivity contribution in [2.75, 3.05) is 0 Å². The molecule has 0 bridgehead atoms. The maximum atomic E-state index is 12.7. The number of benzene rings is 2. The summed E-state index contributed by atoms with van der Waals surface area (Å²) in [6.07, 6.45) is 1.66. The molecule has 0 atom stereocenters. The Morgan fingerprint density at radius 2 is 1.85 bits per heavy atom. The van der Waals surface area contributed by atoms with Gasteiger partial charge < -0.3 is 4.42 Å². The van der Waals surface area contributed by atoms with E-state index in [-0.39, 0.29) is 5.56 Å². The van der Waals surface area contributed by atoms with Gasteiger partial charge in [0, 0.05) is 17.9 Å². The van der Waals surface area contributed by atoms with E-state index >= 15 is 0 Å². The number of para-hydroxylation sites is 1. The van der Waals surface area contributed by atoms with Crippen LogP contribution in [0.5, 0.6) is 0 Å². The summed E-state index contributed by atoms with van der Waals surface area (Å²) in [7, 11) is 0. The zero-order chi connectivity index (χ0) is 18.8. The molecule has 0 aliphatic rings. The van der Waals surface area contributed by atoms with Gasteiger partial charge in [-0.2, -0.15) is 0 Å². The van der Waals surface area contributed by atoms with Crippen molar-refractivity contribution in [3.05, 3.63) is 76.4 Å². The molecule has 0 aliphatic carbocycles. The Bertz CT molecular complexity index is 1150. The lowest BCUT2D eigenvalue weighted by molar-refractivity contribution is 0.573. The van der Waals surface area contributed by atoms with E-state index in [0.29, 0.717) is 28.7 Å². The largest absolute Gasteiger partial charge is 0.444 e. The first kappa shape index (κ1) is 17.5. The van der Waals surface area contributed by atoms with Crippen LogP contribution < -0.4 is 5.56 Å². The molecule has 0 aliphatic heterocycles. The van der Waals surface area contributed by atoms with E-state index in [1.807, 2.05) is 62.4 Å². The van der Waals surface area contributed by atoms with Gasteiger partial charge >= 0.3 is 0 Å². The normalized spacial score (nSPS) is 11.2. The van der Waals surface area contributed by atoms with Gasteiger partial charge in [-0.3, -0.25) is 9.36 Å². The summed E-state index contributed by atoms with van der Waals surface area (Å²) in [5, 5.41) is 1.34. The molecule has 2 heterocycles. The summed E-state index contributed by atoms with van der Waals surface area (Å²) in [5.74, 6) is 1.19. The minimum atomic E-state index is -0.00824. The second-order valence-electron chi connectivity index (χ2n) is 6.26. The van der Waals surface area contributed by atoms with Crippen LogP contribution in [0.15, 0.2) is 69.2 Å². The number of aryl methyl sites for hydroxylation is 1. The quantitative estimate of drug-likeness (QED) is 0.373. The molecule has 0 spiro atoms. The van der Waals surface area contributed by atoms with Gasteiger partial charge in [0.25, 0.3) is 5.56 Å². The van der Waals surface area contributed by atoms with Crippen LogP contribution in [0.1, 0.15) is 18.2 Å². The lowest BCUT2D eigenvalue weighted by Gasteiger charge is -2.10. The van der Waals surface area contributed by atoms with E-state index in [1.165, 1.54) is 17.3 Å². The first-order valence-electron chi connectivity index (χ1n) is 8.79. The molecule has 136 valence electrons. The maximum Gasteiger partial charge on any atom is 0.262 e. The van der Waals surface area contributed by atoms with Gasteiger partial charge in [-0.1, -0.05) is 41.6 Å². The summed E-state index contributed by atoms with van der Waals surface area (Å²) in [6.45, 7) is 4.57. The molecule has 4 aromatic rings. The van der Waals surface area contributed by atoms with Crippen molar-refractivity contribution in [3.63, 3.8) is 0 Å². The second-order valence-corrected chi connectivity index (χ2v) is 7.20. The van der Waals surface area contributed by atoms with Gasteiger partial charge in [0.05, 0.1) is 16.6 Å². The minimum absolute atomic E-state index is 0.00824. The molecule has 0 N–H and O–H groups in total. The SMILES string of the molecule is CCn1c(SCc2coc(-c3ccc(C)cc3)n2)nc2ccccc2c1=O. The highest BCUT2D eigenvalue weighted by Gasteiger charge is 2.12. The average Bonchev–Trinajstić information content (AvgIpc) is 3.16. The number of thioether (sulfide) groups is 1. The van der Waals surface area contributed by atoms with Crippen LogP contribution in [0.3, 0.4) is 0 Å². The summed E-state index contributed by atoms with van der Waals surface area (Å²) >= 11 is 1.49. The van der Waals surface area contributed by atoms with Crippen molar-refractivity contribution in [2.45, 2.75) is 31.3 Å². The third kappa shape index (κ3) is 3.53. The molecule has 0 fully saturated rings. The first-order valence-corrected chi connectivity index (χ1v) is 9.78. The van der Waals surface area contributed by atoms with Gasteiger partial charge in [-0.25, -0.2) is 9.97 Å². The molecule has 4 rings (SSSR count). The molecule has 2 aromatic heterocycles. The van der Waals surface area contributed by atoms with E-state index < -0.39 is 0 Å². The Labute approximate surface area is 161 Å². The van der Waals surface area contributed by atoms with Crippen LogP contribution in [0.4, 0.5) is 0 Å². The molecule has 27 heavy (non-hydrogen) atoms. The standard InChI is InChI=1S/C21H19N3O2S/c1-3-24-20(25)17-6-4-5-7-18(17)23-21(24)27-13-16-12-26-19(22-16)15-10-8-14(2)9-11-15/h4-12H,3,13H2,1-2H3. The van der Waals surface area contributed by atoms with Crippen LogP contribution in [-0.4, -0.2) is 14.5 Å². The van der Waals surface area contributed by atoms with Gasteiger partial charge in [-0.15, -0.1) is 0 Å². The van der Waals surface area contributed by atoms with Crippen molar-refractivity contribution < 1.29 is 4.42 Å². The van der Waals surface area contributed by atoms with Crippen molar-refractivity contribution in [1.82, 2.24) is 14.5 Å². The highest BCUT2D eigenvalue weighted by molar-refractivity contribution is 7.98. The molecule has 5 nitrogen and oxygen atoms in total. The van der Waals surface area contributed by atoms with Gasteiger partial charge in [0.1, 0.15) is 6.26 Å². The van der Waals surface area contributed by atoms with E-state index in [4.69, 9.17) is 4.42 Å². The fourth-order valence-corrected chi connectivity index (χ4v) is 3.82. The Morgan fingerprint density at radius 3 is 2.63 bits per heavy atom. The third-order valence-electron chi connectivity index (χ3n) is 4.34. The summed E-state index contributed by atoms with van der Waals surface area (Å²) in [4.78, 5) is 21.9. The Balaban J connectivity index is 1.59. The number of hydrogen-bond acceptors (Lipinski definition) is 5. The molecule has 0 saturated heterocycles. The molecule has 0 saturated carbocycles. The summed E-state index contributed by atoms with van der Waals surface area (Å²) < 4.78 is 7.32. The predicted octanol–water partition coefficient (Wildman–Crippen LogP) is 4.67. The summed E-state index contributed by atoms with van der Waals surface area (Å²) in [6, 6.07) is 15.5. The minimum Gasteiger partial charge on any atom is -0.444 e. The fraction of sp³-hybridized carbons (Fsp3) is 0.190. The van der Waals surface area contributed by atoms with Gasteiger partial charge in [0.2, 0.25) is 5.89 Å². The van der Waals surface area contributed by atoms with E-state index in [9.17, 15) is 4.79 Å². The number of oxazole rings is 1. The highest BCUT2D eigenvalue weighted by Crippen LogP contribution is 2.24. The fourth-order valence-electron chi connectivity index (χ4n) is 2.88. The van der Waals surface area contributed by atoms with Gasteiger partial charge in [-0.05, 0) is 38.1 Å². The number of fused-ring (bicyclic) bond motifs is 1. The zero-order valence-corrected chi connectivity index (χ0v) is 16.0. The Kier molecular flexibility index (Phi) is 4.81. The highest BCUT2D eigenvalue weighted by atomic mass is 32.2. The predicted molar refractivity (Wildman–Crippen MR) is 108 cm³/mol. The first-order chi connectivity index (χ1) is 13.2. The molecule has 0 amide bonds. The van der Waals surface area contributed by atoms with Crippen molar-refractivity contribution in [1.29, 1.82) is 0 Å². The molecule has 6 heteroatoms. The zero-order valence-electron chi connectivity index (χ0n) is 15.2. The topological polar surface area (TPSA) is 60.9 Å². The lowest BCUT2D eigenvalue weighted by atomic mass is 10.1. The smallest absolute Gasteiger partial charge is 0.262 e. The molecule has 0 unspecified atom stereocenters. The van der Waals surface area contributed by atoms with Crippen LogP contribution in [0.2, 0.25) is 0 Å². The van der Waals surface area contributed by atoms with Crippen LogP contribution in [0.25, 0.3) is 22.4 Å². The Hall–Kier alpha value is -2.86. The van der Waals surface area contributed by atoms with E-state index in [0.717, 1.165) is 16.8 Å². The van der Waals surface area contributed by atoms with Crippen molar-refractivity contribution >= 4 is 22.7 Å². The molecule has 0 radical (unpaired) electrons. The van der Waals surface area contributed by atoms with Crippen molar-refractivity contribution in [3.8, 4) is 11.5 Å². The van der Waals surface area contributed by atoms with Crippen molar-refractivity contribution in [2.24, 2.45) is 0 Å². The molecular weight excluding hydrogens is 358 g/mol. The van der Waals surface area contributed by atoms with Crippen LogP contribution >= 0.6 is 11.8 Å². The van der Waals surface area contributed by atoms with Gasteiger partial charge in [0.15, 0.2) is 5.16 Å². The van der Waals surface area contributed by atoms with Crippen LogP contribution in [0, 0.1) is 6.92 Å². The second kappa shape index (κ2) is 7.40. The third-order valence-corrected chi connectivity index (χ3v) is 5.35. The van der Waals surface area contributed by atoms with E-state index in [2.05, 4.69) is 9.97 Å². The average molecular weight is 377 g/mol. The number of nitrogens with zero attached hydrogens (tertiary/aromatic N) is 3. The number of hydrogen-bond donors (Lipinski definition) is 0. The maximum absolute atomic E-state index is 12.7. The number of aromatic nitrogens is 3. The Morgan fingerprint density at radius 1 is 1.07 bits per heavy atom. The van der Waals surface area contributed by atoms with Crippen LogP contribution in [-0.2, 0) is 12.3 Å². The van der Waals surface area contributed by atoms with E-state index in [1.54, 1.807) is 10.8 Å². The molecule has 2 aromatic carbocycles. The monoisotopic (exact) mass is 377 g/mol. The molecular formula is C21H19N3O2S. The summed E-state index contributed by atoms with van der Waals surface area (Å²) in [5.41, 5.74) is 3.68. The number of rotatable bonds is 5.